The number of alkyl halides is 5. The van der Waals surface area contributed by atoms with Gasteiger partial charge in [0.2, 0.25) is 0 Å². The van der Waals surface area contributed by atoms with Gasteiger partial charge in [0.15, 0.2) is 0 Å². The van der Waals surface area contributed by atoms with E-state index < -0.39 is 77.0 Å². The average Bonchev–Trinajstić information content (AvgIpc) is 2.62. The number of ether oxygens (including phenoxy) is 3. The Hall–Kier alpha value is -1.54. The van der Waals surface area contributed by atoms with E-state index in [1.165, 1.54) is 20.8 Å². The third-order valence-corrected chi connectivity index (χ3v) is 5.59. The fourth-order valence-corrected chi connectivity index (χ4v) is 3.01. The summed E-state index contributed by atoms with van der Waals surface area (Å²) in [7, 11) is -4.58. The lowest BCUT2D eigenvalue weighted by atomic mass is 9.84. The molecule has 0 spiro atoms. The lowest BCUT2D eigenvalue weighted by molar-refractivity contribution is -0.284. The summed E-state index contributed by atoms with van der Waals surface area (Å²) < 4.78 is 113. The van der Waals surface area contributed by atoms with Gasteiger partial charge in [-0.2, -0.15) is 13.2 Å². The average molecular weight is 485 g/mol. The summed E-state index contributed by atoms with van der Waals surface area (Å²) in [5.41, 5.74) is -5.16. The first-order chi connectivity index (χ1) is 13.9. The van der Waals surface area contributed by atoms with Gasteiger partial charge in [-0.25, -0.2) is 22.0 Å². The molecule has 0 aromatic rings. The maximum absolute atomic E-state index is 13.8. The molecule has 0 amide bonds. The van der Waals surface area contributed by atoms with Gasteiger partial charge in [0.05, 0.1) is 12.5 Å². The fraction of sp³-hybridized carbons (Fsp3) is 0.882. The van der Waals surface area contributed by atoms with Crippen LogP contribution in [0.5, 0.6) is 0 Å². The van der Waals surface area contributed by atoms with Gasteiger partial charge in [0.1, 0.15) is 22.5 Å². The molecule has 1 unspecified atom stereocenters. The van der Waals surface area contributed by atoms with Gasteiger partial charge in [0.25, 0.3) is 5.92 Å². The maximum Gasteiger partial charge on any atom is 0.442 e. The molecule has 0 bridgehead atoms. The second kappa shape index (κ2) is 10.9. The zero-order valence-electron chi connectivity index (χ0n) is 17.5. The Morgan fingerprint density at radius 2 is 1.52 bits per heavy atom. The highest BCUT2D eigenvalue weighted by atomic mass is 32.2. The summed E-state index contributed by atoms with van der Waals surface area (Å²) >= 11 is 0. The van der Waals surface area contributed by atoms with Gasteiger partial charge in [-0.1, -0.05) is 13.8 Å². The molecule has 184 valence electrons. The molecule has 0 saturated heterocycles. The predicted octanol–water partition coefficient (Wildman–Crippen LogP) is 2.81. The van der Waals surface area contributed by atoms with Crippen LogP contribution in [-0.4, -0.2) is 68.7 Å². The van der Waals surface area contributed by atoms with E-state index in [1.807, 2.05) is 0 Å². The predicted molar refractivity (Wildman–Crippen MR) is 95.1 cm³/mol. The molecule has 14 heteroatoms. The second-order valence-corrected chi connectivity index (χ2v) is 8.59. The molecule has 0 rings (SSSR count). The number of halogens is 5. The number of esters is 2. The Morgan fingerprint density at radius 3 is 1.90 bits per heavy atom. The summed E-state index contributed by atoms with van der Waals surface area (Å²) in [5, 5.41) is 0. The normalized spacial score (nSPS) is 15.3. The van der Waals surface area contributed by atoms with Crippen LogP contribution in [0.2, 0.25) is 0 Å². The summed E-state index contributed by atoms with van der Waals surface area (Å²) in [6, 6.07) is 0. The van der Waals surface area contributed by atoms with Crippen LogP contribution in [0.1, 0.15) is 46.5 Å². The van der Waals surface area contributed by atoms with E-state index in [0.29, 0.717) is 7.11 Å². The zero-order chi connectivity index (χ0) is 24.7. The van der Waals surface area contributed by atoms with E-state index in [-0.39, 0.29) is 12.8 Å². The van der Waals surface area contributed by atoms with E-state index in [9.17, 15) is 44.5 Å². The quantitative estimate of drug-likeness (QED) is 0.169. The topological polar surface area (TPSA) is 119 Å². The third-order valence-electron chi connectivity index (χ3n) is 4.82. The van der Waals surface area contributed by atoms with E-state index >= 15 is 0 Å². The van der Waals surface area contributed by atoms with Gasteiger partial charge in [0, 0.05) is 13.0 Å². The number of hydrogen-bond donors (Lipinski definition) is 0. The molecule has 0 aromatic carbocycles. The Morgan fingerprint density at radius 1 is 1.00 bits per heavy atom. The molecule has 0 fully saturated rings. The van der Waals surface area contributed by atoms with Crippen molar-refractivity contribution in [3.63, 3.8) is 0 Å². The van der Waals surface area contributed by atoms with Gasteiger partial charge in [-0.15, -0.1) is 0 Å². The fourth-order valence-electron chi connectivity index (χ4n) is 2.35. The number of carbonyl (C=O) groups excluding carboxylic acids is 2. The minimum Gasteiger partial charge on any atom is -0.748 e. The Labute approximate surface area is 177 Å². The van der Waals surface area contributed by atoms with Crippen LogP contribution in [0.4, 0.5) is 22.0 Å². The monoisotopic (exact) mass is 485 g/mol. The van der Waals surface area contributed by atoms with Crippen LogP contribution < -0.4 is 0 Å². The maximum atomic E-state index is 13.8. The van der Waals surface area contributed by atoms with Crippen molar-refractivity contribution in [2.45, 2.75) is 64.2 Å². The molecule has 0 N–H and O–H groups in total. The minimum atomic E-state index is -5.46. The summed E-state index contributed by atoms with van der Waals surface area (Å²) in [6.07, 6.45) is -7.06. The molecule has 1 atom stereocenters. The standard InChI is InChI=1S/C17H27F5O8S/c1-5-14(3,6-2)12(23)30-16(13(24)28-4,17(20,21)22)10-29-9-7-8-15(18,19)11-31(25,26)27/h5-11H2,1-4H3,(H,25,26,27)/p-1. The van der Waals surface area contributed by atoms with E-state index in [2.05, 4.69) is 9.47 Å². The highest BCUT2D eigenvalue weighted by molar-refractivity contribution is 7.85. The first kappa shape index (κ1) is 29.5. The van der Waals surface area contributed by atoms with Crippen molar-refractivity contribution >= 4 is 22.1 Å². The SMILES string of the molecule is CCC(C)(CC)C(=O)OC(COCCCC(F)(F)CS(=O)(=O)[O-])(C(=O)OC)C(F)(F)F. The number of hydrogen-bond acceptors (Lipinski definition) is 8. The van der Waals surface area contributed by atoms with Crippen molar-refractivity contribution in [2.24, 2.45) is 5.41 Å². The first-order valence-electron chi connectivity index (χ1n) is 9.17. The molecule has 0 aromatic heterocycles. The summed E-state index contributed by atoms with van der Waals surface area (Å²) in [4.78, 5) is 24.4. The number of methoxy groups -OCH3 is 1. The van der Waals surface area contributed by atoms with E-state index in [0.717, 1.165) is 0 Å². The number of rotatable bonds is 13. The Balaban J connectivity index is 5.44. The number of carbonyl (C=O) groups is 2. The molecule has 0 radical (unpaired) electrons. The highest BCUT2D eigenvalue weighted by Gasteiger charge is 2.66. The van der Waals surface area contributed by atoms with Crippen molar-refractivity contribution in [1.82, 2.24) is 0 Å². The minimum absolute atomic E-state index is 0.107. The van der Waals surface area contributed by atoms with Gasteiger partial charge >= 0.3 is 23.7 Å². The second-order valence-electron chi connectivity index (χ2n) is 7.19. The largest absolute Gasteiger partial charge is 0.748 e. The summed E-state index contributed by atoms with van der Waals surface area (Å²) in [5.74, 6) is -9.18. The van der Waals surface area contributed by atoms with E-state index in [1.54, 1.807) is 0 Å². The van der Waals surface area contributed by atoms with Crippen LogP contribution in [-0.2, 0) is 33.9 Å². The molecule has 0 heterocycles. The first-order valence-corrected chi connectivity index (χ1v) is 10.7. The molecular formula is C17H26F5O8S-. The van der Waals surface area contributed by atoms with Gasteiger partial charge < -0.3 is 18.8 Å². The van der Waals surface area contributed by atoms with Crippen molar-refractivity contribution in [2.75, 3.05) is 26.1 Å². The molecule has 0 saturated carbocycles. The molecule has 0 aliphatic heterocycles. The van der Waals surface area contributed by atoms with Crippen molar-refractivity contribution in [3.05, 3.63) is 0 Å². The lowest BCUT2D eigenvalue weighted by Gasteiger charge is -2.35. The van der Waals surface area contributed by atoms with Crippen LogP contribution in [0.15, 0.2) is 0 Å². The molecular weight excluding hydrogens is 459 g/mol. The van der Waals surface area contributed by atoms with E-state index in [4.69, 9.17) is 4.74 Å². The smallest absolute Gasteiger partial charge is 0.442 e. The van der Waals surface area contributed by atoms with Crippen LogP contribution in [0.25, 0.3) is 0 Å². The third kappa shape index (κ3) is 8.48. The van der Waals surface area contributed by atoms with Crippen LogP contribution in [0.3, 0.4) is 0 Å². The zero-order valence-corrected chi connectivity index (χ0v) is 18.3. The van der Waals surface area contributed by atoms with Crippen molar-refractivity contribution < 1.29 is 58.7 Å². The van der Waals surface area contributed by atoms with Crippen molar-refractivity contribution in [1.29, 1.82) is 0 Å². The van der Waals surface area contributed by atoms with Crippen LogP contribution >= 0.6 is 0 Å². The Kier molecular flexibility index (Phi) is 10.3. The summed E-state index contributed by atoms with van der Waals surface area (Å²) in [6.45, 7) is 2.08. The molecule has 31 heavy (non-hydrogen) atoms. The molecule has 8 nitrogen and oxygen atoms in total. The van der Waals surface area contributed by atoms with Gasteiger partial charge in [-0.05, 0) is 26.2 Å². The molecule has 0 aliphatic rings. The lowest BCUT2D eigenvalue weighted by Crippen LogP contribution is -2.60. The van der Waals surface area contributed by atoms with Crippen LogP contribution in [0, 0.1) is 5.41 Å². The van der Waals surface area contributed by atoms with Gasteiger partial charge in [-0.3, -0.25) is 4.79 Å². The molecule has 0 aliphatic carbocycles. The highest BCUT2D eigenvalue weighted by Crippen LogP contribution is 2.39. The Bertz CT molecular complexity index is 719. The van der Waals surface area contributed by atoms with Crippen molar-refractivity contribution in [3.8, 4) is 0 Å².